The van der Waals surface area contributed by atoms with Gasteiger partial charge in [-0.05, 0) is 61.6 Å². The lowest BCUT2D eigenvalue weighted by Gasteiger charge is -2.24. The van der Waals surface area contributed by atoms with E-state index in [0.29, 0.717) is 18.2 Å². The number of aromatic nitrogens is 2. The van der Waals surface area contributed by atoms with E-state index in [1.54, 1.807) is 0 Å². The van der Waals surface area contributed by atoms with Crippen LogP contribution in [-0.2, 0) is 4.79 Å². The average Bonchev–Trinajstić information content (AvgIpc) is 3.23. The predicted octanol–water partition coefficient (Wildman–Crippen LogP) is 7.15. The highest BCUT2D eigenvalue weighted by molar-refractivity contribution is 5.82. The second-order valence-corrected chi connectivity index (χ2v) is 9.54. The van der Waals surface area contributed by atoms with E-state index in [9.17, 15) is 4.79 Å². The largest absolute Gasteiger partial charge is 0.426 e. The summed E-state index contributed by atoms with van der Waals surface area (Å²) >= 11 is 0. The van der Waals surface area contributed by atoms with Gasteiger partial charge in [0, 0.05) is 17.8 Å². The first-order valence-corrected chi connectivity index (χ1v) is 12.7. The maximum atomic E-state index is 13.0. The van der Waals surface area contributed by atoms with E-state index < -0.39 is 0 Å². The van der Waals surface area contributed by atoms with Gasteiger partial charge in [0.05, 0.1) is 5.92 Å². The Morgan fingerprint density at radius 3 is 2.63 bits per heavy atom. The quantitative estimate of drug-likeness (QED) is 0.232. The van der Waals surface area contributed by atoms with Crippen LogP contribution in [0.3, 0.4) is 0 Å². The fourth-order valence-corrected chi connectivity index (χ4v) is 5.04. The summed E-state index contributed by atoms with van der Waals surface area (Å²) < 4.78 is 8.01. The number of rotatable bonds is 7. The van der Waals surface area contributed by atoms with Crippen LogP contribution in [0.4, 0.5) is 5.82 Å². The summed E-state index contributed by atoms with van der Waals surface area (Å²) in [7, 11) is 0. The van der Waals surface area contributed by atoms with Crippen LogP contribution < -0.4 is 10.1 Å². The van der Waals surface area contributed by atoms with Crippen molar-refractivity contribution in [3.8, 4) is 17.0 Å². The molecule has 2 aromatic heterocycles. The van der Waals surface area contributed by atoms with Gasteiger partial charge in [-0.1, -0.05) is 68.7 Å². The lowest BCUT2D eigenvalue weighted by molar-refractivity contribution is -0.136. The number of carbonyl (C=O) groups is 1. The first-order valence-electron chi connectivity index (χ1n) is 12.7. The minimum Gasteiger partial charge on any atom is -0.426 e. The van der Waals surface area contributed by atoms with Gasteiger partial charge in [-0.2, -0.15) is 0 Å². The molecule has 5 nitrogen and oxygen atoms in total. The minimum atomic E-state index is -0.290. The van der Waals surface area contributed by atoms with Gasteiger partial charge < -0.3 is 10.1 Å². The highest BCUT2D eigenvalue weighted by Gasteiger charge is 2.23. The Morgan fingerprint density at radius 1 is 1.06 bits per heavy atom. The fraction of sp³-hybridized carbons (Fsp3) is 0.333. The molecular formula is C30H33N3O2. The molecule has 180 valence electrons. The number of fused-ring (bicyclic) bond motifs is 1. The van der Waals surface area contributed by atoms with E-state index in [2.05, 4.69) is 35.0 Å². The molecule has 0 spiro atoms. The molecule has 0 aliphatic heterocycles. The molecule has 4 aromatic rings. The molecule has 5 heteroatoms. The van der Waals surface area contributed by atoms with Crippen molar-refractivity contribution in [1.29, 1.82) is 0 Å². The highest BCUT2D eigenvalue weighted by atomic mass is 16.5. The molecule has 0 amide bonds. The Balaban J connectivity index is 1.46. The highest BCUT2D eigenvalue weighted by Crippen LogP contribution is 2.34. The first-order chi connectivity index (χ1) is 17.1. The second-order valence-electron chi connectivity index (χ2n) is 9.54. The molecule has 1 unspecified atom stereocenters. The molecule has 1 N–H and O–H groups in total. The summed E-state index contributed by atoms with van der Waals surface area (Å²) in [6.07, 6.45) is 8.95. The number of hydrogen-bond donors (Lipinski definition) is 1. The van der Waals surface area contributed by atoms with Crippen molar-refractivity contribution in [2.45, 2.75) is 64.3 Å². The maximum Gasteiger partial charge on any atom is 0.318 e. The molecule has 0 radical (unpaired) electrons. The van der Waals surface area contributed by atoms with E-state index in [1.165, 1.54) is 37.7 Å². The van der Waals surface area contributed by atoms with E-state index in [1.807, 2.05) is 61.5 Å². The van der Waals surface area contributed by atoms with Crippen LogP contribution >= 0.6 is 0 Å². The van der Waals surface area contributed by atoms with Crippen molar-refractivity contribution in [2.75, 3.05) is 5.32 Å². The Labute approximate surface area is 207 Å². The summed E-state index contributed by atoms with van der Waals surface area (Å²) in [5, 5.41) is 3.79. The number of anilines is 1. The molecule has 1 atom stereocenters. The van der Waals surface area contributed by atoms with Crippen LogP contribution in [0.2, 0.25) is 0 Å². The zero-order valence-corrected chi connectivity index (χ0v) is 20.5. The van der Waals surface area contributed by atoms with Gasteiger partial charge in [0.15, 0.2) is 0 Å². The number of nitrogens with one attached hydrogen (secondary N) is 1. The number of carbonyl (C=O) groups excluding carboxylic acids is 1. The molecule has 2 heterocycles. The number of nitrogens with zero attached hydrogens (tertiary/aromatic N) is 2. The lowest BCUT2D eigenvalue weighted by atomic mass is 9.95. The maximum absolute atomic E-state index is 13.0. The number of benzene rings is 2. The molecular weight excluding hydrogens is 434 g/mol. The van der Waals surface area contributed by atoms with Crippen molar-refractivity contribution >= 4 is 17.4 Å². The Hall–Kier alpha value is -3.60. The molecule has 1 aliphatic rings. The van der Waals surface area contributed by atoms with Gasteiger partial charge in [-0.3, -0.25) is 9.20 Å². The van der Waals surface area contributed by atoms with Gasteiger partial charge in [0.1, 0.15) is 22.9 Å². The number of hydrogen-bond acceptors (Lipinski definition) is 4. The van der Waals surface area contributed by atoms with Crippen molar-refractivity contribution in [3.05, 3.63) is 84.1 Å². The van der Waals surface area contributed by atoms with Crippen LogP contribution in [-0.4, -0.2) is 21.4 Å². The number of ether oxygens (including phenoxy) is 1. The standard InChI is InChI=1S/C30H33N3O2/c1-3-26(22-11-6-4-7-12-22)30(34)35-25-16-10-13-23(20-25)28-29(31-24-14-8-5-9-15-24)33-18-17-21(2)19-27(33)32-28/h4,6-7,10-13,16-20,24,26,31H,3,5,8-9,14-15H2,1-2H3. The molecule has 2 aromatic carbocycles. The lowest BCUT2D eigenvalue weighted by Crippen LogP contribution is -2.23. The molecule has 1 aliphatic carbocycles. The zero-order valence-electron chi connectivity index (χ0n) is 20.5. The normalized spacial score (nSPS) is 15.1. The molecule has 5 rings (SSSR count). The molecule has 1 fully saturated rings. The number of esters is 1. The molecule has 0 saturated heterocycles. The SMILES string of the molecule is CCC(C(=O)Oc1cccc(-c2nc3cc(C)ccn3c2NC2CCCCC2)c1)c1ccccc1. The van der Waals surface area contributed by atoms with E-state index in [0.717, 1.165) is 28.3 Å². The monoisotopic (exact) mass is 467 g/mol. The Bertz CT molecular complexity index is 1310. The summed E-state index contributed by atoms with van der Waals surface area (Å²) in [5.41, 5.74) is 4.88. The summed E-state index contributed by atoms with van der Waals surface area (Å²) in [4.78, 5) is 18.0. The smallest absolute Gasteiger partial charge is 0.318 e. The van der Waals surface area contributed by atoms with Gasteiger partial charge >= 0.3 is 5.97 Å². The Kier molecular flexibility index (Phi) is 6.84. The van der Waals surface area contributed by atoms with Crippen molar-refractivity contribution in [3.63, 3.8) is 0 Å². The average molecular weight is 468 g/mol. The Morgan fingerprint density at radius 2 is 1.86 bits per heavy atom. The van der Waals surface area contributed by atoms with Gasteiger partial charge in [-0.25, -0.2) is 4.98 Å². The van der Waals surface area contributed by atoms with Crippen LogP contribution in [0, 0.1) is 6.92 Å². The number of imidazole rings is 1. The third kappa shape index (κ3) is 5.09. The molecule has 0 bridgehead atoms. The zero-order chi connectivity index (χ0) is 24.2. The van der Waals surface area contributed by atoms with Gasteiger partial charge in [-0.15, -0.1) is 0 Å². The minimum absolute atomic E-state index is 0.234. The first kappa shape index (κ1) is 23.2. The van der Waals surface area contributed by atoms with E-state index in [-0.39, 0.29) is 11.9 Å². The van der Waals surface area contributed by atoms with Crippen LogP contribution in [0.5, 0.6) is 5.75 Å². The third-order valence-corrected chi connectivity index (χ3v) is 6.95. The third-order valence-electron chi connectivity index (χ3n) is 6.95. The molecule has 1 saturated carbocycles. The number of pyridine rings is 1. The fourth-order valence-electron chi connectivity index (χ4n) is 5.04. The van der Waals surface area contributed by atoms with Crippen LogP contribution in [0.25, 0.3) is 16.9 Å². The van der Waals surface area contributed by atoms with Crippen molar-refractivity contribution < 1.29 is 9.53 Å². The van der Waals surface area contributed by atoms with Crippen LogP contribution in [0.15, 0.2) is 72.9 Å². The van der Waals surface area contributed by atoms with E-state index in [4.69, 9.17) is 9.72 Å². The summed E-state index contributed by atoms with van der Waals surface area (Å²) in [5.74, 6) is 1.02. The second kappa shape index (κ2) is 10.3. The van der Waals surface area contributed by atoms with E-state index >= 15 is 0 Å². The predicted molar refractivity (Wildman–Crippen MR) is 141 cm³/mol. The topological polar surface area (TPSA) is 55.6 Å². The van der Waals surface area contributed by atoms with Gasteiger partial charge in [0.25, 0.3) is 0 Å². The summed E-state index contributed by atoms with van der Waals surface area (Å²) in [6, 6.07) is 22.2. The van der Waals surface area contributed by atoms with Crippen molar-refractivity contribution in [1.82, 2.24) is 9.38 Å². The van der Waals surface area contributed by atoms with Crippen LogP contribution in [0.1, 0.15) is 62.5 Å². The van der Waals surface area contributed by atoms with Gasteiger partial charge in [0.2, 0.25) is 0 Å². The summed E-state index contributed by atoms with van der Waals surface area (Å²) in [6.45, 7) is 4.09. The molecule has 35 heavy (non-hydrogen) atoms. The number of aryl methyl sites for hydroxylation is 1. The van der Waals surface area contributed by atoms with Crippen molar-refractivity contribution in [2.24, 2.45) is 0 Å².